The molecule has 3 N–H and O–H groups in total. The van der Waals surface area contributed by atoms with E-state index in [0.717, 1.165) is 18.6 Å². The number of aliphatic hydroxyl groups is 3. The molecule has 352 valence electrons. The Balaban J connectivity index is -0.000000179. The summed E-state index contributed by atoms with van der Waals surface area (Å²) in [6, 6.07) is 2.60. The predicted molar refractivity (Wildman–Crippen MR) is 210 cm³/mol. The zero-order valence-corrected chi connectivity index (χ0v) is 33.1. The highest BCUT2D eigenvalue weighted by Crippen LogP contribution is 2.44. The van der Waals surface area contributed by atoms with Gasteiger partial charge in [0.25, 0.3) is 0 Å². The van der Waals surface area contributed by atoms with Gasteiger partial charge in [-0.3, -0.25) is 4.79 Å². The highest BCUT2D eigenvalue weighted by atomic mass is 19.4. The number of ether oxygens (including phenoxy) is 2. The number of alkyl halides is 11. The van der Waals surface area contributed by atoms with Crippen molar-refractivity contribution in [1.29, 1.82) is 0 Å². The van der Waals surface area contributed by atoms with E-state index in [9.17, 15) is 68.4 Å². The number of carbonyl (C=O) groups excluding carboxylic acids is 1. The number of hydrogen-bond acceptors (Lipinski definition) is 6. The first-order valence-corrected chi connectivity index (χ1v) is 17.4. The van der Waals surface area contributed by atoms with Gasteiger partial charge in [-0.1, -0.05) is 96.7 Å². The van der Waals surface area contributed by atoms with Gasteiger partial charge in [0.2, 0.25) is 6.43 Å². The van der Waals surface area contributed by atoms with Crippen LogP contribution in [0.1, 0.15) is 161 Å². The highest BCUT2D eigenvalue weighted by Gasteiger charge is 2.54. The lowest BCUT2D eigenvalue weighted by atomic mass is 9.83. The van der Waals surface area contributed by atoms with E-state index in [-0.39, 0.29) is 54.4 Å². The summed E-state index contributed by atoms with van der Waals surface area (Å²) in [6.45, 7) is 15.3. The standard InChI is InChI=1S/C16H20F6O2.C12H21F3O4.C9H18F2.4CH4/c1-5-9(2)10-6-11(13(3,23)15(17,18)19)8-12(7-10)14(4,24)16(20,21)22;1-5-10(2,9(16)18-4)8-19-7-6-11(3,17)12(13,14)15;1-5-7(2)6-9(3,4)8(10)11;;;;/h6-9,23-24H,5H2,1-4H3;17H,5-8H2,1-4H3;7-8H,5-6H2,1-4H3;4*1H4. The van der Waals surface area contributed by atoms with Gasteiger partial charge in [0.05, 0.1) is 19.1 Å². The fourth-order valence-corrected chi connectivity index (χ4v) is 4.45. The second-order valence-electron chi connectivity index (χ2n) is 15.3. The van der Waals surface area contributed by atoms with Crippen LogP contribution in [0.3, 0.4) is 0 Å². The molecular formula is C41H75F11O6. The van der Waals surface area contributed by atoms with Crippen molar-refractivity contribution < 1.29 is 77.9 Å². The Labute approximate surface area is 341 Å². The van der Waals surface area contributed by atoms with E-state index in [1.807, 2.05) is 13.8 Å². The number of hydrogen-bond donors (Lipinski definition) is 3. The Kier molecular flexibility index (Phi) is 29.7. The fourth-order valence-electron chi connectivity index (χ4n) is 4.45. The molecule has 0 heterocycles. The normalized spacial score (nSPS) is 17.1. The van der Waals surface area contributed by atoms with Crippen LogP contribution in [-0.4, -0.2) is 72.2 Å². The average Bonchev–Trinajstić information content (AvgIpc) is 3.04. The maximum Gasteiger partial charge on any atom is 0.421 e. The minimum Gasteiger partial charge on any atom is -0.469 e. The van der Waals surface area contributed by atoms with Gasteiger partial charge in [0.1, 0.15) is 0 Å². The van der Waals surface area contributed by atoms with Gasteiger partial charge in [0, 0.05) is 18.4 Å². The second kappa shape index (κ2) is 25.5. The van der Waals surface area contributed by atoms with Gasteiger partial charge >= 0.3 is 24.5 Å². The van der Waals surface area contributed by atoms with Gasteiger partial charge in [-0.15, -0.1) is 0 Å². The van der Waals surface area contributed by atoms with Crippen LogP contribution in [0.15, 0.2) is 18.2 Å². The molecule has 0 saturated heterocycles. The molecule has 0 aliphatic heterocycles. The molecule has 6 unspecified atom stereocenters. The molecule has 0 aliphatic carbocycles. The predicted octanol–water partition coefficient (Wildman–Crippen LogP) is 13.3. The van der Waals surface area contributed by atoms with E-state index in [1.54, 1.807) is 41.5 Å². The van der Waals surface area contributed by atoms with Crippen LogP contribution >= 0.6 is 0 Å². The summed E-state index contributed by atoms with van der Waals surface area (Å²) < 4.78 is 150. The Morgan fingerprint density at radius 2 is 1.09 bits per heavy atom. The molecule has 0 bridgehead atoms. The molecule has 0 spiro atoms. The summed E-state index contributed by atoms with van der Waals surface area (Å²) in [7, 11) is 1.24. The van der Waals surface area contributed by atoms with Crippen molar-refractivity contribution in [3.05, 3.63) is 34.9 Å². The summed E-state index contributed by atoms with van der Waals surface area (Å²) in [5.74, 6) is -0.423. The first kappa shape index (κ1) is 67.5. The van der Waals surface area contributed by atoms with Gasteiger partial charge in [-0.25, -0.2) is 8.78 Å². The third kappa shape index (κ3) is 19.4. The monoisotopic (exact) mass is 873 g/mol. The van der Waals surface area contributed by atoms with Crippen molar-refractivity contribution in [1.82, 2.24) is 0 Å². The summed E-state index contributed by atoms with van der Waals surface area (Å²) in [5, 5.41) is 28.8. The molecule has 0 radical (unpaired) electrons. The third-order valence-electron chi connectivity index (χ3n) is 9.75. The lowest BCUT2D eigenvalue weighted by Crippen LogP contribution is -2.43. The van der Waals surface area contributed by atoms with E-state index in [2.05, 4.69) is 4.74 Å². The Hall–Kier alpha value is -2.24. The molecule has 0 saturated carbocycles. The molecule has 0 fully saturated rings. The van der Waals surface area contributed by atoms with E-state index in [1.165, 1.54) is 7.11 Å². The Morgan fingerprint density at radius 1 is 0.690 bits per heavy atom. The van der Waals surface area contributed by atoms with Crippen molar-refractivity contribution in [3.8, 4) is 0 Å². The van der Waals surface area contributed by atoms with Crippen molar-refractivity contribution in [2.24, 2.45) is 16.7 Å². The van der Waals surface area contributed by atoms with Crippen molar-refractivity contribution in [2.75, 3.05) is 20.3 Å². The zero-order chi connectivity index (χ0) is 43.5. The summed E-state index contributed by atoms with van der Waals surface area (Å²) in [4.78, 5) is 11.5. The minimum absolute atomic E-state index is 0. The lowest BCUT2D eigenvalue weighted by Gasteiger charge is -2.32. The lowest BCUT2D eigenvalue weighted by molar-refractivity contribution is -0.261. The molecule has 0 aliphatic rings. The second-order valence-corrected chi connectivity index (χ2v) is 15.3. The van der Waals surface area contributed by atoms with Crippen LogP contribution in [0.5, 0.6) is 0 Å². The molecule has 6 nitrogen and oxygen atoms in total. The molecule has 58 heavy (non-hydrogen) atoms. The molecule has 1 aromatic carbocycles. The number of esters is 1. The van der Waals surface area contributed by atoms with E-state index < -0.39 is 76.1 Å². The third-order valence-corrected chi connectivity index (χ3v) is 9.75. The zero-order valence-electron chi connectivity index (χ0n) is 33.1. The topological polar surface area (TPSA) is 96.2 Å². The molecular weight excluding hydrogens is 797 g/mol. The number of halogens is 11. The number of methoxy groups -OCH3 is 1. The van der Waals surface area contributed by atoms with Gasteiger partial charge in [0.15, 0.2) is 16.8 Å². The van der Waals surface area contributed by atoms with Crippen LogP contribution in [0, 0.1) is 16.7 Å². The Morgan fingerprint density at radius 3 is 1.36 bits per heavy atom. The Bertz CT molecular complexity index is 1230. The molecule has 0 amide bonds. The fraction of sp³-hybridized carbons (Fsp3) is 0.829. The number of carbonyl (C=O) groups is 1. The van der Waals surface area contributed by atoms with Crippen molar-refractivity contribution >= 4 is 5.97 Å². The van der Waals surface area contributed by atoms with Crippen molar-refractivity contribution in [3.63, 3.8) is 0 Å². The molecule has 17 heteroatoms. The quantitative estimate of drug-likeness (QED) is 0.0923. The largest absolute Gasteiger partial charge is 0.469 e. The smallest absolute Gasteiger partial charge is 0.421 e. The minimum atomic E-state index is -5.08. The van der Waals surface area contributed by atoms with Crippen LogP contribution in [0.4, 0.5) is 48.3 Å². The van der Waals surface area contributed by atoms with Gasteiger partial charge < -0.3 is 24.8 Å². The van der Waals surface area contributed by atoms with Crippen molar-refractivity contribution in [2.45, 2.75) is 186 Å². The molecule has 1 rings (SSSR count). The van der Waals surface area contributed by atoms with Gasteiger partial charge in [-0.2, -0.15) is 39.5 Å². The first-order chi connectivity index (χ1) is 23.9. The summed E-state index contributed by atoms with van der Waals surface area (Å²) >= 11 is 0. The average molecular weight is 873 g/mol. The SMILES string of the molecule is C.C.C.C.CCC(C)(COCCC(C)(O)C(F)(F)F)C(=O)OC.CCC(C)CC(C)(C)C(F)F.CCC(C)c1cc(C(C)(O)C(F)(F)F)cc(C(C)(O)C(F)(F)F)c1. The maximum atomic E-state index is 13.1. The van der Waals surface area contributed by atoms with Crippen LogP contribution in [0.25, 0.3) is 0 Å². The van der Waals surface area contributed by atoms with E-state index in [0.29, 0.717) is 52.0 Å². The van der Waals surface area contributed by atoms with Crippen LogP contribution in [0.2, 0.25) is 0 Å². The maximum absolute atomic E-state index is 13.1. The van der Waals surface area contributed by atoms with Crippen LogP contribution in [-0.2, 0) is 25.5 Å². The highest BCUT2D eigenvalue weighted by molar-refractivity contribution is 5.76. The molecule has 0 aromatic heterocycles. The molecule has 6 atom stereocenters. The van der Waals surface area contributed by atoms with E-state index in [4.69, 9.17) is 4.74 Å². The summed E-state index contributed by atoms with van der Waals surface area (Å²) in [5.41, 5.74) is -12.5. The first-order valence-electron chi connectivity index (χ1n) is 17.4. The van der Waals surface area contributed by atoms with Gasteiger partial charge in [-0.05, 0) is 81.5 Å². The summed E-state index contributed by atoms with van der Waals surface area (Å²) in [6.07, 6.45) is -15.1. The molecule has 1 aromatic rings. The number of benzene rings is 1. The van der Waals surface area contributed by atoms with E-state index >= 15 is 0 Å². The van der Waals surface area contributed by atoms with Crippen LogP contribution < -0.4 is 0 Å². The number of rotatable bonds is 15.